The van der Waals surface area contributed by atoms with Crippen LogP contribution in [0.5, 0.6) is 17.2 Å². The standard InChI is InChI=1S/C25H23Br2NO5/c1-14(2)19-13-18(9-10-22(19)29)33-23-20(26)11-17(12-21(23)27)28(15(3)25(31)32)24(30)16-7-5-4-6-8-16/h4-15,29H,1-3H3,(H,31,32). The molecule has 33 heavy (non-hydrogen) atoms. The molecule has 2 N–H and O–H groups in total. The van der Waals surface area contributed by atoms with Gasteiger partial charge in [-0.3, -0.25) is 9.69 Å². The molecular formula is C25H23Br2NO5. The van der Waals surface area contributed by atoms with E-state index in [1.165, 1.54) is 11.8 Å². The zero-order valence-electron chi connectivity index (χ0n) is 18.3. The third-order valence-electron chi connectivity index (χ3n) is 5.09. The lowest BCUT2D eigenvalue weighted by Crippen LogP contribution is -2.43. The molecule has 3 rings (SSSR count). The second-order valence-corrected chi connectivity index (χ2v) is 9.48. The van der Waals surface area contributed by atoms with Crippen LogP contribution in [0, 0.1) is 0 Å². The zero-order chi connectivity index (χ0) is 24.3. The van der Waals surface area contributed by atoms with Crippen LogP contribution in [0.2, 0.25) is 0 Å². The van der Waals surface area contributed by atoms with Crippen LogP contribution in [0.1, 0.15) is 42.6 Å². The first kappa shape index (κ1) is 24.8. The van der Waals surface area contributed by atoms with Crippen LogP contribution < -0.4 is 9.64 Å². The van der Waals surface area contributed by atoms with Crippen LogP contribution in [0.4, 0.5) is 5.69 Å². The summed E-state index contributed by atoms with van der Waals surface area (Å²) in [4.78, 5) is 26.2. The molecule has 0 aliphatic rings. The Morgan fingerprint density at radius 2 is 1.55 bits per heavy atom. The molecule has 0 aliphatic carbocycles. The number of hydrogen-bond donors (Lipinski definition) is 2. The number of carboxylic acid groups (broad SMARTS) is 1. The van der Waals surface area contributed by atoms with E-state index in [4.69, 9.17) is 4.74 Å². The maximum absolute atomic E-state index is 13.2. The van der Waals surface area contributed by atoms with Gasteiger partial charge in [-0.2, -0.15) is 0 Å². The van der Waals surface area contributed by atoms with E-state index in [2.05, 4.69) is 31.9 Å². The number of ether oxygens (including phenoxy) is 1. The first-order valence-electron chi connectivity index (χ1n) is 10.2. The van der Waals surface area contributed by atoms with Crippen molar-refractivity contribution in [1.29, 1.82) is 0 Å². The van der Waals surface area contributed by atoms with Gasteiger partial charge in [0, 0.05) is 16.8 Å². The number of carbonyl (C=O) groups excluding carboxylic acids is 1. The number of amides is 1. The first-order chi connectivity index (χ1) is 15.6. The Morgan fingerprint density at radius 3 is 2.09 bits per heavy atom. The van der Waals surface area contributed by atoms with Gasteiger partial charge in [-0.05, 0) is 87.2 Å². The number of nitrogens with zero attached hydrogens (tertiary/aromatic N) is 1. The number of phenolic OH excluding ortho intramolecular Hbond substituents is 1. The summed E-state index contributed by atoms with van der Waals surface area (Å²) in [7, 11) is 0. The summed E-state index contributed by atoms with van der Waals surface area (Å²) in [5.74, 6) is -0.271. The summed E-state index contributed by atoms with van der Waals surface area (Å²) in [6.45, 7) is 5.40. The number of carbonyl (C=O) groups is 2. The van der Waals surface area contributed by atoms with Crippen LogP contribution in [0.15, 0.2) is 69.6 Å². The van der Waals surface area contributed by atoms with Crippen LogP contribution in [-0.4, -0.2) is 28.1 Å². The number of phenols is 1. The molecule has 1 amide bonds. The molecule has 0 bridgehead atoms. The predicted octanol–water partition coefficient (Wildman–Crippen LogP) is 6.95. The second kappa shape index (κ2) is 10.4. The Labute approximate surface area is 209 Å². The van der Waals surface area contributed by atoms with Crippen molar-refractivity contribution in [3.63, 3.8) is 0 Å². The minimum atomic E-state index is -1.13. The van der Waals surface area contributed by atoms with Gasteiger partial charge in [0.05, 0.1) is 8.95 Å². The van der Waals surface area contributed by atoms with E-state index in [0.717, 1.165) is 5.56 Å². The van der Waals surface area contributed by atoms with E-state index in [0.29, 0.717) is 31.7 Å². The van der Waals surface area contributed by atoms with Crippen LogP contribution >= 0.6 is 31.9 Å². The summed E-state index contributed by atoms with van der Waals surface area (Å²) in [6.07, 6.45) is 0. The van der Waals surface area contributed by atoms with Gasteiger partial charge in [0.25, 0.3) is 5.91 Å². The Bertz CT molecular complexity index is 1160. The summed E-state index contributed by atoms with van der Waals surface area (Å²) in [5.41, 5.74) is 1.52. The first-order valence-corrected chi connectivity index (χ1v) is 11.8. The number of halogens is 2. The zero-order valence-corrected chi connectivity index (χ0v) is 21.4. The van der Waals surface area contributed by atoms with Crippen molar-refractivity contribution in [3.8, 4) is 17.2 Å². The summed E-state index contributed by atoms with van der Waals surface area (Å²) in [5, 5.41) is 19.7. The molecule has 0 radical (unpaired) electrons. The van der Waals surface area contributed by atoms with Gasteiger partial charge in [-0.1, -0.05) is 32.0 Å². The van der Waals surface area contributed by atoms with Crippen molar-refractivity contribution in [2.75, 3.05) is 4.90 Å². The predicted molar refractivity (Wildman–Crippen MR) is 134 cm³/mol. The smallest absolute Gasteiger partial charge is 0.326 e. The molecule has 1 atom stereocenters. The fourth-order valence-electron chi connectivity index (χ4n) is 3.31. The number of rotatable bonds is 7. The van der Waals surface area contributed by atoms with Crippen molar-refractivity contribution >= 4 is 49.4 Å². The number of aromatic hydroxyl groups is 1. The van der Waals surface area contributed by atoms with Crippen molar-refractivity contribution in [2.45, 2.75) is 32.7 Å². The highest BCUT2D eigenvalue weighted by Crippen LogP contribution is 2.42. The van der Waals surface area contributed by atoms with Crippen LogP contribution in [-0.2, 0) is 4.79 Å². The van der Waals surface area contributed by atoms with Gasteiger partial charge in [-0.15, -0.1) is 0 Å². The summed E-state index contributed by atoms with van der Waals surface area (Å²) < 4.78 is 7.09. The number of anilines is 1. The molecule has 0 saturated heterocycles. The average Bonchev–Trinajstić information content (AvgIpc) is 2.77. The molecule has 0 saturated carbocycles. The van der Waals surface area contributed by atoms with Gasteiger partial charge in [0.2, 0.25) is 0 Å². The largest absolute Gasteiger partial charge is 0.508 e. The molecule has 6 nitrogen and oxygen atoms in total. The van der Waals surface area contributed by atoms with Gasteiger partial charge in [-0.25, -0.2) is 4.79 Å². The molecule has 172 valence electrons. The quantitative estimate of drug-likeness (QED) is 0.318. The monoisotopic (exact) mass is 575 g/mol. The molecule has 0 fully saturated rings. The minimum Gasteiger partial charge on any atom is -0.508 e. The van der Waals surface area contributed by atoms with E-state index in [1.807, 2.05) is 13.8 Å². The molecule has 3 aromatic rings. The van der Waals surface area contributed by atoms with Crippen molar-refractivity contribution in [1.82, 2.24) is 0 Å². The molecule has 0 spiro atoms. The molecule has 3 aromatic carbocycles. The Kier molecular flexibility index (Phi) is 7.81. The van der Waals surface area contributed by atoms with Crippen molar-refractivity contribution in [3.05, 3.63) is 80.7 Å². The number of aliphatic carboxylic acids is 1. The molecule has 0 aromatic heterocycles. The van der Waals surface area contributed by atoms with E-state index in [9.17, 15) is 19.8 Å². The topological polar surface area (TPSA) is 87.1 Å². The fraction of sp³-hybridized carbons (Fsp3) is 0.200. The minimum absolute atomic E-state index is 0.109. The molecule has 8 heteroatoms. The molecule has 1 unspecified atom stereocenters. The van der Waals surface area contributed by atoms with E-state index in [1.54, 1.807) is 60.7 Å². The van der Waals surface area contributed by atoms with Gasteiger partial charge >= 0.3 is 5.97 Å². The highest BCUT2D eigenvalue weighted by atomic mass is 79.9. The summed E-state index contributed by atoms with van der Waals surface area (Å²) >= 11 is 6.97. The van der Waals surface area contributed by atoms with Crippen molar-refractivity contribution in [2.24, 2.45) is 0 Å². The van der Waals surface area contributed by atoms with E-state index in [-0.39, 0.29) is 11.7 Å². The SMILES string of the molecule is CC(C)c1cc(Oc2c(Br)cc(N(C(=O)c3ccccc3)C(C)C(=O)O)cc2Br)ccc1O. The van der Waals surface area contributed by atoms with Crippen LogP contribution in [0.25, 0.3) is 0 Å². The normalized spacial score (nSPS) is 11.8. The maximum Gasteiger partial charge on any atom is 0.326 e. The highest BCUT2D eigenvalue weighted by Gasteiger charge is 2.29. The average molecular weight is 577 g/mol. The Balaban J connectivity index is 2.01. The highest BCUT2D eigenvalue weighted by molar-refractivity contribution is 9.11. The van der Waals surface area contributed by atoms with E-state index >= 15 is 0 Å². The Morgan fingerprint density at radius 1 is 0.939 bits per heavy atom. The van der Waals surface area contributed by atoms with E-state index < -0.39 is 17.9 Å². The lowest BCUT2D eigenvalue weighted by Gasteiger charge is -2.27. The number of benzene rings is 3. The van der Waals surface area contributed by atoms with Crippen LogP contribution in [0.3, 0.4) is 0 Å². The lowest BCUT2D eigenvalue weighted by atomic mass is 10.0. The third-order valence-corrected chi connectivity index (χ3v) is 6.26. The van der Waals surface area contributed by atoms with Crippen molar-refractivity contribution < 1.29 is 24.5 Å². The molecule has 0 aliphatic heterocycles. The summed E-state index contributed by atoms with van der Waals surface area (Å²) in [6, 6.07) is 15.7. The second-order valence-electron chi connectivity index (χ2n) is 7.77. The maximum atomic E-state index is 13.2. The third kappa shape index (κ3) is 5.57. The van der Waals surface area contributed by atoms with Gasteiger partial charge < -0.3 is 14.9 Å². The van der Waals surface area contributed by atoms with Gasteiger partial charge in [0.15, 0.2) is 5.75 Å². The Hall–Kier alpha value is -2.84. The lowest BCUT2D eigenvalue weighted by molar-refractivity contribution is -0.138. The fourth-order valence-corrected chi connectivity index (χ4v) is 4.63. The van der Waals surface area contributed by atoms with Gasteiger partial charge in [0.1, 0.15) is 17.5 Å². The molecule has 0 heterocycles. The number of hydrogen-bond acceptors (Lipinski definition) is 4. The molecular weight excluding hydrogens is 554 g/mol. The number of carboxylic acids is 1.